The van der Waals surface area contributed by atoms with Crippen LogP contribution in [0.1, 0.15) is 80.7 Å². The van der Waals surface area contributed by atoms with Crippen LogP contribution in [-0.4, -0.2) is 45.2 Å². The maximum absolute atomic E-state index is 13.8. The lowest BCUT2D eigenvalue weighted by atomic mass is 9.63. The number of thiophene rings is 1. The predicted molar refractivity (Wildman–Crippen MR) is 166 cm³/mol. The van der Waals surface area contributed by atoms with Gasteiger partial charge in [-0.3, -0.25) is 4.79 Å². The van der Waals surface area contributed by atoms with Gasteiger partial charge >= 0.3 is 0 Å². The van der Waals surface area contributed by atoms with Crippen LogP contribution in [-0.2, 0) is 17.3 Å². The highest BCUT2D eigenvalue weighted by molar-refractivity contribution is 7.17. The largest absolute Gasteiger partial charge is 0.496 e. The first-order valence-electron chi connectivity index (χ1n) is 14.2. The Balaban J connectivity index is 1.61. The normalized spacial score (nSPS) is 15.4. The summed E-state index contributed by atoms with van der Waals surface area (Å²) in [6, 6.07) is 14.5. The summed E-state index contributed by atoms with van der Waals surface area (Å²) in [7, 11) is 5.02. The van der Waals surface area contributed by atoms with Crippen LogP contribution in [0.3, 0.4) is 0 Å². The monoisotopic (exact) mass is 563 g/mol. The van der Waals surface area contributed by atoms with Gasteiger partial charge in [-0.25, -0.2) is 0 Å². The maximum Gasteiger partial charge on any atom is 0.263 e. The van der Waals surface area contributed by atoms with Gasteiger partial charge in [0.25, 0.3) is 5.91 Å². The molecular weight excluding hydrogens is 518 g/mol. The zero-order valence-electron chi connectivity index (χ0n) is 25.6. The van der Waals surface area contributed by atoms with Gasteiger partial charge in [-0.15, -0.1) is 11.3 Å². The fourth-order valence-electron chi connectivity index (χ4n) is 5.73. The highest BCUT2D eigenvalue weighted by Gasteiger charge is 2.38. The van der Waals surface area contributed by atoms with Crippen LogP contribution in [0.5, 0.6) is 17.2 Å². The number of fused-ring (bicyclic) bond motifs is 1. The Labute approximate surface area is 244 Å². The van der Waals surface area contributed by atoms with Crippen molar-refractivity contribution in [2.75, 3.05) is 34.4 Å². The van der Waals surface area contributed by atoms with Gasteiger partial charge in [-0.1, -0.05) is 47.6 Å². The first-order chi connectivity index (χ1) is 18.9. The quantitative estimate of drug-likeness (QED) is 0.250. The number of methoxy groups -OCH3 is 3. The summed E-state index contributed by atoms with van der Waals surface area (Å²) < 4.78 is 16.8. The van der Waals surface area contributed by atoms with E-state index in [2.05, 4.69) is 59.7 Å². The molecule has 0 spiro atoms. The fraction of sp³-hybridized carbons (Fsp3) is 0.500. The van der Waals surface area contributed by atoms with E-state index in [0.29, 0.717) is 30.5 Å². The Morgan fingerprint density at radius 3 is 2.08 bits per heavy atom. The summed E-state index contributed by atoms with van der Waals surface area (Å²) in [5.41, 5.74) is 5.14. The van der Waals surface area contributed by atoms with Crippen LogP contribution >= 0.6 is 11.3 Å². The number of hydrogen-bond acceptors (Lipinski definition) is 5. The standard InChI is InChI=1S/C34H45NO4S/c1-22(2)21-35(17-14-23-10-11-27(37-7)29(18-23)39-9)32(36)31-13-12-30(40-31)24-19-25-26(20-28(24)38-8)34(5,6)16-15-33(25,3)4/h10-13,18-20,22H,14-17,21H2,1-9H3. The minimum absolute atomic E-state index is 0.0730. The molecule has 0 atom stereocenters. The van der Waals surface area contributed by atoms with Crippen LogP contribution in [0, 0.1) is 5.92 Å². The lowest BCUT2D eigenvalue weighted by Gasteiger charge is -2.42. The summed E-state index contributed by atoms with van der Waals surface area (Å²) >= 11 is 1.55. The summed E-state index contributed by atoms with van der Waals surface area (Å²) in [4.78, 5) is 17.6. The van der Waals surface area contributed by atoms with Gasteiger partial charge in [-0.2, -0.15) is 0 Å². The lowest BCUT2D eigenvalue weighted by Crippen LogP contribution is -2.35. The van der Waals surface area contributed by atoms with E-state index >= 15 is 0 Å². The van der Waals surface area contributed by atoms with Gasteiger partial charge in [0.2, 0.25) is 0 Å². The molecule has 0 N–H and O–H groups in total. The Kier molecular flexibility index (Phi) is 8.89. The van der Waals surface area contributed by atoms with Crippen molar-refractivity contribution in [3.63, 3.8) is 0 Å². The molecule has 4 rings (SSSR count). The summed E-state index contributed by atoms with van der Waals surface area (Å²) in [5.74, 6) is 2.72. The van der Waals surface area contributed by atoms with E-state index in [1.54, 1.807) is 32.7 Å². The van der Waals surface area contributed by atoms with E-state index in [1.807, 2.05) is 29.2 Å². The first kappa shape index (κ1) is 30.0. The topological polar surface area (TPSA) is 48.0 Å². The summed E-state index contributed by atoms with van der Waals surface area (Å²) in [5, 5.41) is 0. The molecular formula is C34H45NO4S. The number of amides is 1. The van der Waals surface area contributed by atoms with E-state index in [1.165, 1.54) is 11.1 Å². The minimum atomic E-state index is 0.0730. The molecule has 0 saturated heterocycles. The SMILES string of the molecule is COc1ccc(CCN(CC(C)C)C(=O)c2ccc(-c3cc4c(cc3OC)C(C)(C)CCC4(C)C)s2)cc1OC. The second kappa shape index (κ2) is 11.9. The highest BCUT2D eigenvalue weighted by atomic mass is 32.1. The Morgan fingerprint density at radius 2 is 1.48 bits per heavy atom. The van der Waals surface area contributed by atoms with Crippen molar-refractivity contribution in [1.29, 1.82) is 0 Å². The Hall–Kier alpha value is -2.99. The highest BCUT2D eigenvalue weighted by Crippen LogP contribution is 2.50. The lowest BCUT2D eigenvalue weighted by molar-refractivity contribution is 0.0743. The number of nitrogens with zero attached hydrogens (tertiary/aromatic N) is 1. The van der Waals surface area contributed by atoms with E-state index in [-0.39, 0.29) is 16.7 Å². The summed E-state index contributed by atoms with van der Waals surface area (Å²) in [6.45, 7) is 15.0. The Morgan fingerprint density at radius 1 is 0.850 bits per heavy atom. The number of hydrogen-bond donors (Lipinski definition) is 0. The van der Waals surface area contributed by atoms with Crippen molar-refractivity contribution in [2.45, 2.75) is 71.6 Å². The van der Waals surface area contributed by atoms with Crippen LogP contribution in [0.2, 0.25) is 0 Å². The number of ether oxygens (including phenoxy) is 3. The molecule has 6 heteroatoms. The molecule has 0 saturated carbocycles. The van der Waals surface area contributed by atoms with E-state index < -0.39 is 0 Å². The van der Waals surface area contributed by atoms with Gasteiger partial charge in [0.15, 0.2) is 11.5 Å². The molecule has 40 heavy (non-hydrogen) atoms. The van der Waals surface area contributed by atoms with Crippen LogP contribution in [0.25, 0.3) is 10.4 Å². The average molecular weight is 564 g/mol. The molecule has 1 aliphatic rings. The van der Waals surface area contributed by atoms with Crippen molar-refractivity contribution in [1.82, 2.24) is 4.90 Å². The van der Waals surface area contributed by atoms with Gasteiger partial charge in [0.05, 0.1) is 26.2 Å². The van der Waals surface area contributed by atoms with Crippen LogP contribution in [0.4, 0.5) is 0 Å². The molecule has 1 heterocycles. The third-order valence-electron chi connectivity index (χ3n) is 8.25. The van der Waals surface area contributed by atoms with E-state index in [4.69, 9.17) is 14.2 Å². The third kappa shape index (κ3) is 6.17. The molecule has 0 aliphatic heterocycles. The zero-order valence-corrected chi connectivity index (χ0v) is 26.5. The molecule has 0 radical (unpaired) electrons. The van der Waals surface area contributed by atoms with E-state index in [9.17, 15) is 4.79 Å². The van der Waals surface area contributed by atoms with Crippen LogP contribution < -0.4 is 14.2 Å². The fourth-order valence-corrected chi connectivity index (χ4v) is 6.72. The van der Waals surface area contributed by atoms with Crippen molar-refractivity contribution in [3.05, 3.63) is 64.0 Å². The third-order valence-corrected chi connectivity index (χ3v) is 9.35. The summed E-state index contributed by atoms with van der Waals surface area (Å²) in [6.07, 6.45) is 3.04. The molecule has 1 aromatic heterocycles. The molecule has 2 aromatic carbocycles. The van der Waals surface area contributed by atoms with Gasteiger partial charge in [0.1, 0.15) is 5.75 Å². The number of benzene rings is 2. The second-order valence-corrected chi connectivity index (χ2v) is 13.7. The molecule has 0 unspecified atom stereocenters. The Bertz CT molecular complexity index is 1350. The smallest absolute Gasteiger partial charge is 0.263 e. The minimum Gasteiger partial charge on any atom is -0.496 e. The number of rotatable bonds is 10. The predicted octanol–water partition coefficient (Wildman–Crippen LogP) is 8.13. The van der Waals surface area contributed by atoms with Crippen LogP contribution in [0.15, 0.2) is 42.5 Å². The molecule has 1 amide bonds. The zero-order chi connectivity index (χ0) is 29.2. The molecule has 5 nitrogen and oxygen atoms in total. The second-order valence-electron chi connectivity index (χ2n) is 12.6. The van der Waals surface area contributed by atoms with Gasteiger partial charge in [0, 0.05) is 23.5 Å². The van der Waals surface area contributed by atoms with Crippen molar-refractivity contribution in [3.8, 4) is 27.7 Å². The van der Waals surface area contributed by atoms with E-state index in [0.717, 1.165) is 45.9 Å². The van der Waals surface area contributed by atoms with Gasteiger partial charge < -0.3 is 19.1 Å². The van der Waals surface area contributed by atoms with Crippen molar-refractivity contribution in [2.24, 2.45) is 5.92 Å². The number of carbonyl (C=O) groups is 1. The molecule has 0 bridgehead atoms. The van der Waals surface area contributed by atoms with Crippen molar-refractivity contribution >= 4 is 17.2 Å². The molecule has 0 fully saturated rings. The number of carbonyl (C=O) groups excluding carboxylic acids is 1. The molecule has 216 valence electrons. The molecule has 3 aromatic rings. The maximum atomic E-state index is 13.8. The first-order valence-corrected chi connectivity index (χ1v) is 15.0. The molecule has 1 aliphatic carbocycles. The average Bonchev–Trinajstić information content (AvgIpc) is 3.42. The van der Waals surface area contributed by atoms with Crippen molar-refractivity contribution < 1.29 is 19.0 Å². The van der Waals surface area contributed by atoms with Gasteiger partial charge in [-0.05, 0) is 89.1 Å².